The molecule has 1 unspecified atom stereocenters. The average molecular weight is 377 g/mol. The number of aryl methyl sites for hydroxylation is 2. The summed E-state index contributed by atoms with van der Waals surface area (Å²) in [6.45, 7) is 1.37. The molecule has 1 aliphatic rings. The van der Waals surface area contributed by atoms with Crippen LogP contribution >= 0.6 is 0 Å². The van der Waals surface area contributed by atoms with E-state index in [-0.39, 0.29) is 0 Å². The largest absolute Gasteiger partial charge is 0.469 e. The van der Waals surface area contributed by atoms with E-state index in [1.165, 1.54) is 11.1 Å². The maximum atomic E-state index is 5.43. The lowest BCUT2D eigenvalue weighted by Crippen LogP contribution is -2.46. The van der Waals surface area contributed by atoms with Gasteiger partial charge in [0.05, 0.1) is 18.5 Å². The molecule has 2 aromatic heterocycles. The monoisotopic (exact) mass is 377 g/mol. The number of aliphatic imine (C=N–C) groups is 1. The van der Waals surface area contributed by atoms with Crippen molar-refractivity contribution >= 4 is 5.96 Å². The second-order valence-electron chi connectivity index (χ2n) is 7.22. The molecule has 6 heteroatoms. The summed E-state index contributed by atoms with van der Waals surface area (Å²) in [5, 5.41) is 11.3. The van der Waals surface area contributed by atoms with Crippen LogP contribution in [0.5, 0.6) is 0 Å². The summed E-state index contributed by atoms with van der Waals surface area (Å²) in [4.78, 5) is 4.80. The Bertz CT molecular complexity index is 913. The van der Waals surface area contributed by atoms with E-state index in [1.54, 1.807) is 12.5 Å². The second-order valence-corrected chi connectivity index (χ2v) is 7.22. The topological polar surface area (TPSA) is 67.4 Å². The predicted molar refractivity (Wildman–Crippen MR) is 110 cm³/mol. The van der Waals surface area contributed by atoms with Crippen LogP contribution in [0.3, 0.4) is 0 Å². The number of benzene rings is 1. The van der Waals surface area contributed by atoms with Gasteiger partial charge in [-0.1, -0.05) is 24.3 Å². The van der Waals surface area contributed by atoms with Crippen LogP contribution in [0.2, 0.25) is 0 Å². The van der Waals surface area contributed by atoms with E-state index < -0.39 is 0 Å². The minimum absolute atomic E-state index is 0.385. The fraction of sp³-hybridized carbons (Fsp3) is 0.364. The first kappa shape index (κ1) is 18.3. The zero-order valence-corrected chi connectivity index (χ0v) is 16.3. The Hall–Kier alpha value is -3.02. The molecule has 2 N–H and O–H groups in total. The Balaban J connectivity index is 1.40. The van der Waals surface area contributed by atoms with Crippen LogP contribution in [-0.2, 0) is 32.9 Å². The fourth-order valence-corrected chi connectivity index (χ4v) is 3.64. The van der Waals surface area contributed by atoms with Gasteiger partial charge in [0.1, 0.15) is 5.76 Å². The second kappa shape index (κ2) is 8.78. The van der Waals surface area contributed by atoms with Gasteiger partial charge in [-0.05, 0) is 48.6 Å². The molecule has 0 fully saturated rings. The first-order chi connectivity index (χ1) is 13.8. The highest BCUT2D eigenvalue weighted by Gasteiger charge is 2.19. The number of rotatable bonds is 6. The number of hydrogen-bond donors (Lipinski definition) is 2. The standard InChI is InChI=1S/C22H27N5O/c1-27-20(10-13-25-27)16-24-22(23-12-11-21-7-4-14-28-21)26-19-9-8-17-5-2-3-6-18(17)15-19/h2-7,10,13-14,19H,8-9,11-12,15-16H2,1H3,(H2,23,24,26). The number of nitrogens with zero attached hydrogens (tertiary/aromatic N) is 3. The summed E-state index contributed by atoms with van der Waals surface area (Å²) < 4.78 is 7.29. The molecule has 4 rings (SSSR count). The Kier molecular flexibility index (Phi) is 5.75. The van der Waals surface area contributed by atoms with Gasteiger partial charge in [-0.3, -0.25) is 4.68 Å². The minimum Gasteiger partial charge on any atom is -0.469 e. The van der Waals surface area contributed by atoms with Crippen molar-refractivity contribution in [3.8, 4) is 0 Å². The predicted octanol–water partition coefficient (Wildman–Crippen LogP) is 2.85. The van der Waals surface area contributed by atoms with Crippen LogP contribution in [0.4, 0.5) is 0 Å². The molecule has 2 heterocycles. The van der Waals surface area contributed by atoms with E-state index in [0.717, 1.165) is 49.6 Å². The summed E-state index contributed by atoms with van der Waals surface area (Å²) in [5.74, 6) is 1.82. The number of nitrogens with one attached hydrogen (secondary N) is 2. The van der Waals surface area contributed by atoms with Crippen LogP contribution < -0.4 is 10.6 Å². The highest BCUT2D eigenvalue weighted by Crippen LogP contribution is 2.21. The number of fused-ring (bicyclic) bond motifs is 1. The molecule has 0 aliphatic heterocycles. The third kappa shape index (κ3) is 4.63. The SMILES string of the molecule is Cn1nccc1CN=C(NCCc1ccco1)NC1CCc2ccccc2C1. The molecule has 6 nitrogen and oxygen atoms in total. The van der Waals surface area contributed by atoms with Crippen molar-refractivity contribution in [2.24, 2.45) is 12.0 Å². The summed E-state index contributed by atoms with van der Waals surface area (Å²) in [6, 6.07) is 15.0. The zero-order chi connectivity index (χ0) is 19.2. The molecule has 28 heavy (non-hydrogen) atoms. The van der Waals surface area contributed by atoms with E-state index >= 15 is 0 Å². The van der Waals surface area contributed by atoms with Crippen molar-refractivity contribution in [3.05, 3.63) is 77.5 Å². The lowest BCUT2D eigenvalue weighted by Gasteiger charge is -2.27. The molecule has 1 aromatic carbocycles. The fourth-order valence-electron chi connectivity index (χ4n) is 3.64. The van der Waals surface area contributed by atoms with Crippen molar-refractivity contribution in [1.82, 2.24) is 20.4 Å². The van der Waals surface area contributed by atoms with Crippen LogP contribution in [0.1, 0.15) is 29.0 Å². The molecule has 0 radical (unpaired) electrons. The van der Waals surface area contributed by atoms with Gasteiger partial charge in [-0.2, -0.15) is 5.10 Å². The van der Waals surface area contributed by atoms with Gasteiger partial charge >= 0.3 is 0 Å². The van der Waals surface area contributed by atoms with Crippen LogP contribution in [0.25, 0.3) is 0 Å². The lowest BCUT2D eigenvalue weighted by atomic mass is 9.88. The van der Waals surface area contributed by atoms with E-state index in [1.807, 2.05) is 29.9 Å². The van der Waals surface area contributed by atoms with E-state index in [2.05, 4.69) is 40.0 Å². The summed E-state index contributed by atoms with van der Waals surface area (Å²) >= 11 is 0. The van der Waals surface area contributed by atoms with E-state index in [0.29, 0.717) is 12.6 Å². The van der Waals surface area contributed by atoms with Crippen LogP contribution in [-0.4, -0.2) is 28.3 Å². The molecule has 0 bridgehead atoms. The van der Waals surface area contributed by atoms with Crippen molar-refractivity contribution in [2.75, 3.05) is 6.54 Å². The van der Waals surface area contributed by atoms with E-state index in [4.69, 9.17) is 9.41 Å². The molecule has 0 amide bonds. The molecule has 0 saturated heterocycles. The van der Waals surface area contributed by atoms with Crippen molar-refractivity contribution in [3.63, 3.8) is 0 Å². The highest BCUT2D eigenvalue weighted by molar-refractivity contribution is 5.80. The van der Waals surface area contributed by atoms with Gasteiger partial charge < -0.3 is 15.1 Å². The number of furan rings is 1. The normalized spacial score (nSPS) is 16.6. The van der Waals surface area contributed by atoms with Crippen molar-refractivity contribution < 1.29 is 4.42 Å². The summed E-state index contributed by atoms with van der Waals surface area (Å²) in [6.07, 6.45) is 7.59. The quantitative estimate of drug-likeness (QED) is 0.512. The summed E-state index contributed by atoms with van der Waals surface area (Å²) in [7, 11) is 1.94. The van der Waals surface area contributed by atoms with Gasteiger partial charge in [-0.25, -0.2) is 4.99 Å². The van der Waals surface area contributed by atoms with Gasteiger partial charge in [0.25, 0.3) is 0 Å². The number of guanidine groups is 1. The smallest absolute Gasteiger partial charge is 0.191 e. The van der Waals surface area contributed by atoms with Crippen LogP contribution in [0, 0.1) is 0 Å². The lowest BCUT2D eigenvalue weighted by molar-refractivity contribution is 0.501. The van der Waals surface area contributed by atoms with Gasteiger partial charge in [0, 0.05) is 32.3 Å². The Morgan fingerprint density at radius 1 is 1.21 bits per heavy atom. The summed E-state index contributed by atoms with van der Waals surface area (Å²) in [5.41, 5.74) is 3.99. The molecule has 146 valence electrons. The number of aromatic nitrogens is 2. The van der Waals surface area contributed by atoms with Crippen molar-refractivity contribution in [1.29, 1.82) is 0 Å². The molecule has 0 saturated carbocycles. The van der Waals surface area contributed by atoms with Crippen LogP contribution in [0.15, 0.2) is 64.3 Å². The Morgan fingerprint density at radius 3 is 2.89 bits per heavy atom. The Labute approximate surface area is 165 Å². The maximum Gasteiger partial charge on any atom is 0.191 e. The number of hydrogen-bond acceptors (Lipinski definition) is 3. The molecule has 1 atom stereocenters. The third-order valence-corrected chi connectivity index (χ3v) is 5.25. The van der Waals surface area contributed by atoms with Crippen molar-refractivity contribution in [2.45, 2.75) is 38.3 Å². The molecule has 3 aromatic rings. The van der Waals surface area contributed by atoms with Gasteiger partial charge in [-0.15, -0.1) is 0 Å². The Morgan fingerprint density at radius 2 is 2.11 bits per heavy atom. The molecule has 0 spiro atoms. The van der Waals surface area contributed by atoms with Gasteiger partial charge in [0.15, 0.2) is 5.96 Å². The first-order valence-electron chi connectivity index (χ1n) is 9.89. The molecule has 1 aliphatic carbocycles. The first-order valence-corrected chi connectivity index (χ1v) is 9.89. The molecular weight excluding hydrogens is 350 g/mol. The average Bonchev–Trinajstić information content (AvgIpc) is 3.37. The van der Waals surface area contributed by atoms with Gasteiger partial charge in [0.2, 0.25) is 0 Å². The minimum atomic E-state index is 0.385. The molecular formula is C22H27N5O. The highest BCUT2D eigenvalue weighted by atomic mass is 16.3. The third-order valence-electron chi connectivity index (χ3n) is 5.25. The maximum absolute atomic E-state index is 5.43. The zero-order valence-electron chi connectivity index (χ0n) is 16.3. The van der Waals surface area contributed by atoms with E-state index in [9.17, 15) is 0 Å².